The third-order valence-corrected chi connectivity index (χ3v) is 5.99. The predicted molar refractivity (Wildman–Crippen MR) is 107 cm³/mol. The van der Waals surface area contributed by atoms with Gasteiger partial charge in [0.25, 0.3) is 0 Å². The highest BCUT2D eigenvalue weighted by molar-refractivity contribution is 7.88. The van der Waals surface area contributed by atoms with Crippen LogP contribution in [0, 0.1) is 0 Å². The fourth-order valence-electron chi connectivity index (χ4n) is 3.15. The van der Waals surface area contributed by atoms with Crippen LogP contribution in [0.1, 0.15) is 23.6 Å². The summed E-state index contributed by atoms with van der Waals surface area (Å²) in [5, 5.41) is 5.21. The highest BCUT2D eigenvalue weighted by Gasteiger charge is 2.35. The van der Waals surface area contributed by atoms with Crippen molar-refractivity contribution >= 4 is 50.0 Å². The van der Waals surface area contributed by atoms with E-state index in [-0.39, 0.29) is 0 Å². The first-order valence-electron chi connectivity index (χ1n) is 8.06. The maximum Gasteiger partial charge on any atom is 0.247 e. The third kappa shape index (κ3) is 3.38. The molecule has 1 aromatic heterocycles. The molecule has 0 fully saturated rings. The quantitative estimate of drug-likeness (QED) is 0.640. The van der Waals surface area contributed by atoms with Gasteiger partial charge in [0.1, 0.15) is 0 Å². The number of hydrogen-bond acceptors (Lipinski definition) is 5. The van der Waals surface area contributed by atoms with Crippen molar-refractivity contribution in [3.63, 3.8) is 0 Å². The Labute approximate surface area is 166 Å². The van der Waals surface area contributed by atoms with Crippen LogP contribution in [-0.2, 0) is 10.0 Å². The van der Waals surface area contributed by atoms with E-state index in [1.54, 1.807) is 30.6 Å². The van der Waals surface area contributed by atoms with Gasteiger partial charge in [-0.05, 0) is 29.8 Å². The van der Waals surface area contributed by atoms with E-state index in [4.69, 9.17) is 23.2 Å². The number of aromatic nitrogens is 2. The lowest BCUT2D eigenvalue weighted by molar-refractivity contribution is 0.375. The number of sulfonamides is 1. The van der Waals surface area contributed by atoms with Gasteiger partial charge in [-0.3, -0.25) is 9.97 Å². The van der Waals surface area contributed by atoms with Gasteiger partial charge in [0.15, 0.2) is 0 Å². The van der Waals surface area contributed by atoms with E-state index in [1.807, 2.05) is 18.2 Å². The molecule has 0 aliphatic carbocycles. The minimum Gasteiger partial charge on any atom is -0.253 e. The highest BCUT2D eigenvalue weighted by Crippen LogP contribution is 2.38. The lowest BCUT2D eigenvalue weighted by atomic mass is 9.98. The Bertz CT molecular complexity index is 1160. The molecular formula is C18H14Cl2N4O2S. The van der Waals surface area contributed by atoms with Gasteiger partial charge in [-0.2, -0.15) is 9.52 Å². The van der Waals surface area contributed by atoms with Crippen LogP contribution in [0.4, 0.5) is 0 Å². The van der Waals surface area contributed by atoms with Gasteiger partial charge in [-0.1, -0.05) is 35.3 Å². The minimum absolute atomic E-state index is 0.349. The largest absolute Gasteiger partial charge is 0.253 e. The number of benzene rings is 2. The molecule has 0 N–H and O–H groups in total. The molecule has 0 radical (unpaired) electrons. The van der Waals surface area contributed by atoms with Crippen LogP contribution in [0.5, 0.6) is 0 Å². The van der Waals surface area contributed by atoms with Crippen LogP contribution in [-0.4, -0.2) is 34.8 Å². The number of fused-ring (bicyclic) bond motifs is 1. The molecule has 138 valence electrons. The summed E-state index contributed by atoms with van der Waals surface area (Å²) in [6.07, 6.45) is 4.69. The monoisotopic (exact) mass is 420 g/mol. The first-order chi connectivity index (χ1) is 12.8. The second-order valence-corrected chi connectivity index (χ2v) is 8.86. The van der Waals surface area contributed by atoms with E-state index in [0.29, 0.717) is 33.3 Å². The van der Waals surface area contributed by atoms with E-state index < -0.39 is 16.1 Å². The minimum atomic E-state index is -3.60. The van der Waals surface area contributed by atoms with E-state index in [2.05, 4.69) is 15.1 Å². The van der Waals surface area contributed by atoms with Crippen molar-refractivity contribution < 1.29 is 8.42 Å². The molecule has 0 bridgehead atoms. The Balaban J connectivity index is 1.81. The molecule has 1 unspecified atom stereocenters. The normalized spacial score (nSPS) is 17.4. The molecule has 27 heavy (non-hydrogen) atoms. The zero-order valence-electron chi connectivity index (χ0n) is 14.2. The molecule has 2 aromatic carbocycles. The smallest absolute Gasteiger partial charge is 0.247 e. The molecule has 4 rings (SSSR count). The zero-order valence-corrected chi connectivity index (χ0v) is 16.5. The molecule has 2 heterocycles. The molecule has 1 atom stereocenters. The number of nitrogens with zero attached hydrogens (tertiary/aromatic N) is 4. The summed E-state index contributed by atoms with van der Waals surface area (Å²) in [6, 6.07) is 10.1. The average molecular weight is 421 g/mol. The first kappa shape index (κ1) is 18.2. The topological polar surface area (TPSA) is 75.5 Å². The van der Waals surface area contributed by atoms with Crippen molar-refractivity contribution in [2.24, 2.45) is 5.10 Å². The summed E-state index contributed by atoms with van der Waals surface area (Å²) in [7, 11) is -3.60. The van der Waals surface area contributed by atoms with Crippen molar-refractivity contribution in [2.45, 2.75) is 12.5 Å². The fourth-order valence-corrected chi connectivity index (χ4v) is 4.68. The summed E-state index contributed by atoms with van der Waals surface area (Å²) < 4.78 is 25.8. The molecule has 6 nitrogen and oxygen atoms in total. The van der Waals surface area contributed by atoms with Gasteiger partial charge in [0, 0.05) is 24.4 Å². The number of halogens is 2. The van der Waals surface area contributed by atoms with Crippen LogP contribution in [0.3, 0.4) is 0 Å². The van der Waals surface area contributed by atoms with Crippen LogP contribution in [0.15, 0.2) is 53.9 Å². The fraction of sp³-hybridized carbons (Fsp3) is 0.167. The molecular weight excluding hydrogens is 407 g/mol. The van der Waals surface area contributed by atoms with E-state index >= 15 is 0 Å². The zero-order chi connectivity index (χ0) is 19.2. The summed E-state index contributed by atoms with van der Waals surface area (Å²) in [6.45, 7) is 0. The van der Waals surface area contributed by atoms with Gasteiger partial charge in [-0.25, -0.2) is 8.42 Å². The van der Waals surface area contributed by atoms with Crippen molar-refractivity contribution in [1.82, 2.24) is 14.4 Å². The second-order valence-electron chi connectivity index (χ2n) is 6.20. The Morgan fingerprint density at radius 3 is 2.37 bits per heavy atom. The molecule has 1 aliphatic heterocycles. The van der Waals surface area contributed by atoms with Crippen molar-refractivity contribution in [1.29, 1.82) is 0 Å². The van der Waals surface area contributed by atoms with Crippen LogP contribution in [0.25, 0.3) is 11.0 Å². The first-order valence-corrected chi connectivity index (χ1v) is 10.7. The molecule has 0 spiro atoms. The van der Waals surface area contributed by atoms with Crippen LogP contribution in [0.2, 0.25) is 10.0 Å². The summed E-state index contributed by atoms with van der Waals surface area (Å²) in [5.74, 6) is 0. The third-order valence-electron chi connectivity index (χ3n) is 4.34. The van der Waals surface area contributed by atoms with Crippen molar-refractivity contribution in [3.8, 4) is 0 Å². The van der Waals surface area contributed by atoms with Gasteiger partial charge in [0.05, 0.1) is 39.1 Å². The van der Waals surface area contributed by atoms with Crippen LogP contribution < -0.4 is 0 Å². The number of hydrogen-bond donors (Lipinski definition) is 0. The standard InChI is InChI=1S/C18H14Cl2N4O2S/c1-27(25,26)24-17(11-5-6-14-15(9-11)22-8-7-21-14)10-16(23-24)18-12(19)3-2-4-13(18)20/h2-9,17H,10H2,1H3. The summed E-state index contributed by atoms with van der Waals surface area (Å²) >= 11 is 12.6. The number of hydrazone groups is 1. The lowest BCUT2D eigenvalue weighted by Gasteiger charge is -2.21. The van der Waals surface area contributed by atoms with E-state index in [0.717, 1.165) is 21.8 Å². The van der Waals surface area contributed by atoms with Gasteiger partial charge < -0.3 is 0 Å². The Hall–Kier alpha value is -2.22. The van der Waals surface area contributed by atoms with Gasteiger partial charge >= 0.3 is 0 Å². The van der Waals surface area contributed by atoms with Crippen molar-refractivity contribution in [2.75, 3.05) is 6.26 Å². The highest BCUT2D eigenvalue weighted by atomic mass is 35.5. The molecule has 1 aliphatic rings. The van der Waals surface area contributed by atoms with E-state index in [1.165, 1.54) is 0 Å². The van der Waals surface area contributed by atoms with Gasteiger partial charge in [0.2, 0.25) is 10.0 Å². The lowest BCUT2D eigenvalue weighted by Crippen LogP contribution is -2.25. The van der Waals surface area contributed by atoms with Crippen LogP contribution >= 0.6 is 23.2 Å². The summed E-state index contributed by atoms with van der Waals surface area (Å²) in [4.78, 5) is 8.54. The maximum absolute atomic E-state index is 12.4. The number of rotatable bonds is 3. The Kier molecular flexibility index (Phi) is 4.53. The van der Waals surface area contributed by atoms with Gasteiger partial charge in [-0.15, -0.1) is 0 Å². The SMILES string of the molecule is CS(=O)(=O)N1N=C(c2c(Cl)cccc2Cl)CC1c1ccc2nccnc2c1. The Morgan fingerprint density at radius 1 is 1.04 bits per heavy atom. The molecule has 0 amide bonds. The Morgan fingerprint density at radius 2 is 1.70 bits per heavy atom. The van der Waals surface area contributed by atoms with E-state index in [9.17, 15) is 8.42 Å². The molecule has 3 aromatic rings. The maximum atomic E-state index is 12.4. The summed E-state index contributed by atoms with van der Waals surface area (Å²) in [5.41, 5.74) is 3.28. The van der Waals surface area contributed by atoms with Crippen molar-refractivity contribution in [3.05, 3.63) is 70.0 Å². The predicted octanol–water partition coefficient (Wildman–Crippen LogP) is 4.05. The molecule has 0 saturated heterocycles. The average Bonchev–Trinajstić information content (AvgIpc) is 3.06. The molecule has 0 saturated carbocycles. The molecule has 9 heteroatoms. The second kappa shape index (κ2) is 6.74.